The first-order chi connectivity index (χ1) is 8.19. The van der Waals surface area contributed by atoms with Crippen molar-refractivity contribution in [1.29, 1.82) is 5.26 Å². The highest BCUT2D eigenvalue weighted by molar-refractivity contribution is 5.52. The smallest absolute Gasteiger partial charge is 0.0992 e. The molecule has 0 aliphatic carbocycles. The number of nitrogens with zero attached hydrogens (tertiary/aromatic N) is 3. The molecule has 2 rings (SSSR count). The zero-order valence-corrected chi connectivity index (χ0v) is 10.2. The van der Waals surface area contributed by atoms with E-state index in [2.05, 4.69) is 22.9 Å². The van der Waals surface area contributed by atoms with Crippen LogP contribution >= 0.6 is 0 Å². The average Bonchev–Trinajstić information content (AvgIpc) is 2.34. The van der Waals surface area contributed by atoms with E-state index < -0.39 is 0 Å². The summed E-state index contributed by atoms with van der Waals surface area (Å²) in [6, 6.07) is 7.66. The summed E-state index contributed by atoms with van der Waals surface area (Å²) in [6.45, 7) is 5.25. The van der Waals surface area contributed by atoms with Crippen molar-refractivity contribution in [1.82, 2.24) is 9.80 Å². The largest absolute Gasteiger partial charge is 0.398 e. The van der Waals surface area contributed by atoms with Crippen LogP contribution in [0.2, 0.25) is 0 Å². The van der Waals surface area contributed by atoms with E-state index in [9.17, 15) is 0 Å². The zero-order chi connectivity index (χ0) is 12.3. The van der Waals surface area contributed by atoms with Crippen molar-refractivity contribution in [2.24, 2.45) is 0 Å². The Labute approximate surface area is 102 Å². The van der Waals surface area contributed by atoms with Crippen LogP contribution in [0.25, 0.3) is 0 Å². The van der Waals surface area contributed by atoms with Crippen LogP contribution in [0.1, 0.15) is 11.1 Å². The third-order valence-electron chi connectivity index (χ3n) is 3.26. The molecule has 1 aliphatic heterocycles. The maximum absolute atomic E-state index is 8.78. The lowest BCUT2D eigenvalue weighted by Crippen LogP contribution is -2.43. The number of rotatable bonds is 2. The molecule has 1 heterocycles. The molecule has 4 heteroatoms. The summed E-state index contributed by atoms with van der Waals surface area (Å²) < 4.78 is 0. The Bertz CT molecular complexity index is 428. The van der Waals surface area contributed by atoms with Gasteiger partial charge < -0.3 is 10.6 Å². The van der Waals surface area contributed by atoms with Crippen LogP contribution in [-0.4, -0.2) is 43.0 Å². The van der Waals surface area contributed by atoms with Crippen LogP contribution in [0.3, 0.4) is 0 Å². The second kappa shape index (κ2) is 5.17. The molecule has 1 aromatic carbocycles. The Morgan fingerprint density at radius 2 is 2.00 bits per heavy atom. The van der Waals surface area contributed by atoms with Gasteiger partial charge in [-0.05, 0) is 24.7 Å². The third kappa shape index (κ3) is 2.96. The average molecular weight is 230 g/mol. The quantitative estimate of drug-likeness (QED) is 0.767. The first kappa shape index (κ1) is 11.9. The van der Waals surface area contributed by atoms with Gasteiger partial charge in [-0.3, -0.25) is 4.90 Å². The monoisotopic (exact) mass is 230 g/mol. The maximum Gasteiger partial charge on any atom is 0.0992 e. The highest BCUT2D eigenvalue weighted by Gasteiger charge is 2.14. The van der Waals surface area contributed by atoms with Gasteiger partial charge in [-0.15, -0.1) is 0 Å². The summed E-state index contributed by atoms with van der Waals surface area (Å²) in [6.07, 6.45) is 0. The van der Waals surface area contributed by atoms with Crippen LogP contribution in [0.15, 0.2) is 18.2 Å². The van der Waals surface area contributed by atoms with Gasteiger partial charge in [0.05, 0.1) is 11.6 Å². The molecule has 2 N–H and O–H groups in total. The Kier molecular flexibility index (Phi) is 3.62. The zero-order valence-electron chi connectivity index (χ0n) is 10.2. The Hall–Kier alpha value is -1.57. The second-order valence-electron chi connectivity index (χ2n) is 4.60. The highest BCUT2D eigenvalue weighted by Crippen LogP contribution is 2.16. The van der Waals surface area contributed by atoms with Crippen molar-refractivity contribution in [3.63, 3.8) is 0 Å². The summed E-state index contributed by atoms with van der Waals surface area (Å²) in [5.74, 6) is 0. The van der Waals surface area contributed by atoms with Crippen molar-refractivity contribution in [3.8, 4) is 6.07 Å². The Morgan fingerprint density at radius 3 is 2.59 bits per heavy atom. The Balaban J connectivity index is 2.02. The molecule has 0 aromatic heterocycles. The number of nitriles is 1. The van der Waals surface area contributed by atoms with Crippen molar-refractivity contribution in [3.05, 3.63) is 29.3 Å². The third-order valence-corrected chi connectivity index (χ3v) is 3.26. The number of piperazine rings is 1. The first-order valence-corrected chi connectivity index (χ1v) is 5.88. The van der Waals surface area contributed by atoms with Crippen LogP contribution in [0.5, 0.6) is 0 Å². The van der Waals surface area contributed by atoms with E-state index in [1.807, 2.05) is 12.1 Å². The fourth-order valence-electron chi connectivity index (χ4n) is 2.06. The first-order valence-electron chi connectivity index (χ1n) is 5.88. The van der Waals surface area contributed by atoms with Gasteiger partial charge in [-0.25, -0.2) is 0 Å². The molecule has 0 amide bonds. The van der Waals surface area contributed by atoms with Crippen LogP contribution in [0.4, 0.5) is 5.69 Å². The molecule has 0 saturated carbocycles. The summed E-state index contributed by atoms with van der Waals surface area (Å²) in [4.78, 5) is 4.73. The molecule has 1 aromatic rings. The number of anilines is 1. The van der Waals surface area contributed by atoms with Gasteiger partial charge in [0.15, 0.2) is 0 Å². The minimum atomic E-state index is 0.629. The number of likely N-dealkylation sites (N-methyl/N-ethyl adjacent to an activating group) is 1. The van der Waals surface area contributed by atoms with Gasteiger partial charge in [0.25, 0.3) is 0 Å². The van der Waals surface area contributed by atoms with E-state index in [1.54, 1.807) is 6.07 Å². The van der Waals surface area contributed by atoms with E-state index in [4.69, 9.17) is 11.0 Å². The minimum Gasteiger partial charge on any atom is -0.398 e. The van der Waals surface area contributed by atoms with Gasteiger partial charge in [0.1, 0.15) is 0 Å². The molecule has 1 aliphatic rings. The summed E-state index contributed by atoms with van der Waals surface area (Å²) in [7, 11) is 2.15. The van der Waals surface area contributed by atoms with E-state index in [0.717, 1.165) is 44.0 Å². The molecule has 0 bridgehead atoms. The molecule has 4 nitrogen and oxygen atoms in total. The predicted octanol–water partition coefficient (Wildman–Crippen LogP) is 0.888. The van der Waals surface area contributed by atoms with Gasteiger partial charge in [-0.1, -0.05) is 6.07 Å². The Morgan fingerprint density at radius 1 is 1.29 bits per heavy atom. The lowest BCUT2D eigenvalue weighted by atomic mass is 10.1. The number of nitrogens with two attached hydrogens (primary N) is 1. The summed E-state index contributed by atoms with van der Waals surface area (Å²) >= 11 is 0. The molecule has 1 saturated heterocycles. The molecule has 0 radical (unpaired) electrons. The fraction of sp³-hybridized carbons (Fsp3) is 0.462. The SMILES string of the molecule is CN1CCN(Cc2ccc(C#N)cc2N)CC1. The minimum absolute atomic E-state index is 0.629. The van der Waals surface area contributed by atoms with Crippen molar-refractivity contribution in [2.45, 2.75) is 6.54 Å². The number of nitrogen functional groups attached to an aromatic ring is 1. The summed E-state index contributed by atoms with van der Waals surface area (Å²) in [5, 5.41) is 8.78. The lowest BCUT2D eigenvalue weighted by molar-refractivity contribution is 0.148. The fourth-order valence-corrected chi connectivity index (χ4v) is 2.06. The van der Waals surface area contributed by atoms with E-state index in [0.29, 0.717) is 5.56 Å². The number of hydrogen-bond donors (Lipinski definition) is 1. The van der Waals surface area contributed by atoms with Gasteiger partial charge in [0.2, 0.25) is 0 Å². The molecule has 1 fully saturated rings. The molecule has 90 valence electrons. The molecular weight excluding hydrogens is 212 g/mol. The van der Waals surface area contributed by atoms with Crippen LogP contribution < -0.4 is 5.73 Å². The topological polar surface area (TPSA) is 56.3 Å². The van der Waals surface area contributed by atoms with Crippen molar-refractivity contribution in [2.75, 3.05) is 39.0 Å². The van der Waals surface area contributed by atoms with E-state index in [-0.39, 0.29) is 0 Å². The summed E-state index contributed by atoms with van der Waals surface area (Å²) in [5.41, 5.74) is 8.43. The standard InChI is InChI=1S/C13H18N4/c1-16-4-6-17(7-5-16)10-12-3-2-11(9-14)8-13(12)15/h2-3,8H,4-7,10,15H2,1H3. The molecule has 0 atom stereocenters. The van der Waals surface area contributed by atoms with Crippen LogP contribution in [-0.2, 0) is 6.54 Å². The molecule has 17 heavy (non-hydrogen) atoms. The van der Waals surface area contributed by atoms with Gasteiger partial charge in [-0.2, -0.15) is 5.26 Å². The normalized spacial score (nSPS) is 17.9. The van der Waals surface area contributed by atoms with Gasteiger partial charge >= 0.3 is 0 Å². The van der Waals surface area contributed by atoms with E-state index in [1.165, 1.54) is 0 Å². The maximum atomic E-state index is 8.78. The van der Waals surface area contributed by atoms with Crippen molar-refractivity contribution >= 4 is 5.69 Å². The second-order valence-corrected chi connectivity index (χ2v) is 4.60. The lowest BCUT2D eigenvalue weighted by Gasteiger charge is -2.32. The molecule has 0 spiro atoms. The van der Waals surface area contributed by atoms with Gasteiger partial charge in [0, 0.05) is 38.4 Å². The molecule has 0 unspecified atom stereocenters. The highest BCUT2D eigenvalue weighted by atomic mass is 15.2. The number of benzene rings is 1. The predicted molar refractivity (Wildman–Crippen MR) is 68.3 cm³/mol. The van der Waals surface area contributed by atoms with Crippen molar-refractivity contribution < 1.29 is 0 Å². The number of hydrogen-bond acceptors (Lipinski definition) is 4. The molecular formula is C13H18N4. The van der Waals surface area contributed by atoms with Crippen LogP contribution in [0, 0.1) is 11.3 Å². The van der Waals surface area contributed by atoms with E-state index >= 15 is 0 Å².